The van der Waals surface area contributed by atoms with E-state index in [-0.39, 0.29) is 0 Å². The van der Waals surface area contributed by atoms with Crippen molar-refractivity contribution >= 4 is 29.6 Å². The average molecular weight is 531 g/mol. The lowest BCUT2D eigenvalue weighted by Crippen LogP contribution is -2.48. The molecule has 0 spiro atoms. The van der Waals surface area contributed by atoms with E-state index in [9.17, 15) is 4.79 Å². The lowest BCUT2D eigenvalue weighted by molar-refractivity contribution is 0.142. The van der Waals surface area contributed by atoms with Gasteiger partial charge >= 0.3 is 6.09 Å². The number of fused-ring (bicyclic) bond motifs is 1. The first-order chi connectivity index (χ1) is 18.9. The van der Waals surface area contributed by atoms with Crippen molar-refractivity contribution in [1.29, 1.82) is 0 Å². The standard InChI is InChI=1S/C27H34N10O2/c1-33-6-8-34(9-7-33)23-15-24(32-25(28)31-23)37-5-4-19-2-3-20(14-21(19)18-37)22-16-29-26(30-17-22)35-10-12-36(13-11-35)27(38)39/h2-3,14-17H,4-13,18H2,1H3,(H,38,39)(H2,28,31,32). The molecule has 0 unspecified atom stereocenters. The van der Waals surface area contributed by atoms with Gasteiger partial charge in [-0.3, -0.25) is 0 Å². The molecule has 0 aliphatic carbocycles. The number of benzene rings is 1. The summed E-state index contributed by atoms with van der Waals surface area (Å²) in [6.07, 6.45) is 3.75. The molecule has 1 amide bonds. The zero-order valence-corrected chi connectivity index (χ0v) is 22.2. The number of carboxylic acid groups (broad SMARTS) is 1. The van der Waals surface area contributed by atoms with Gasteiger partial charge in [-0.05, 0) is 36.2 Å². The van der Waals surface area contributed by atoms with E-state index in [1.165, 1.54) is 16.0 Å². The second-order valence-corrected chi connectivity index (χ2v) is 10.4. The van der Waals surface area contributed by atoms with Gasteiger partial charge in [0.05, 0.1) is 0 Å². The van der Waals surface area contributed by atoms with Crippen molar-refractivity contribution in [2.45, 2.75) is 13.0 Å². The number of aromatic nitrogens is 4. The maximum Gasteiger partial charge on any atom is 0.407 e. The number of amides is 1. The minimum absolute atomic E-state index is 0.308. The number of anilines is 4. The van der Waals surface area contributed by atoms with Crippen LogP contribution < -0.4 is 20.4 Å². The molecule has 12 nitrogen and oxygen atoms in total. The molecule has 2 fully saturated rings. The van der Waals surface area contributed by atoms with Crippen LogP contribution in [0.25, 0.3) is 11.1 Å². The Morgan fingerprint density at radius 1 is 0.795 bits per heavy atom. The molecule has 0 saturated carbocycles. The average Bonchev–Trinajstić information content (AvgIpc) is 2.97. The molecule has 6 rings (SSSR count). The quantitative estimate of drug-likeness (QED) is 0.510. The third-order valence-electron chi connectivity index (χ3n) is 7.89. The van der Waals surface area contributed by atoms with Gasteiger partial charge in [0.1, 0.15) is 11.6 Å². The monoisotopic (exact) mass is 530 g/mol. The highest BCUT2D eigenvalue weighted by Gasteiger charge is 2.24. The van der Waals surface area contributed by atoms with Crippen LogP contribution in [0, 0.1) is 0 Å². The molecule has 204 valence electrons. The van der Waals surface area contributed by atoms with Gasteiger partial charge < -0.3 is 35.3 Å². The van der Waals surface area contributed by atoms with E-state index >= 15 is 0 Å². The predicted octanol–water partition coefficient (Wildman–Crippen LogP) is 1.63. The molecular formula is C27H34N10O2. The lowest BCUT2D eigenvalue weighted by atomic mass is 9.95. The van der Waals surface area contributed by atoms with Gasteiger partial charge in [-0.15, -0.1) is 0 Å². The fourth-order valence-corrected chi connectivity index (χ4v) is 5.46. The first kappa shape index (κ1) is 25.1. The second kappa shape index (κ2) is 10.5. The molecule has 3 aliphatic heterocycles. The van der Waals surface area contributed by atoms with E-state index in [4.69, 9.17) is 10.8 Å². The van der Waals surface area contributed by atoms with Crippen LogP contribution in [-0.2, 0) is 13.0 Å². The Morgan fingerprint density at radius 3 is 2.15 bits per heavy atom. The first-order valence-electron chi connectivity index (χ1n) is 13.4. The largest absolute Gasteiger partial charge is 0.465 e. The molecule has 39 heavy (non-hydrogen) atoms. The van der Waals surface area contributed by atoms with E-state index in [2.05, 4.69) is 65.9 Å². The number of hydrogen-bond acceptors (Lipinski definition) is 10. The molecule has 3 aliphatic rings. The Hall–Kier alpha value is -4.19. The van der Waals surface area contributed by atoms with Crippen molar-refractivity contribution in [3.8, 4) is 11.1 Å². The molecule has 1 aromatic carbocycles. The van der Waals surface area contributed by atoms with E-state index in [0.29, 0.717) is 38.1 Å². The zero-order chi connectivity index (χ0) is 26.9. The zero-order valence-electron chi connectivity index (χ0n) is 22.2. The Balaban J connectivity index is 1.16. The number of likely N-dealkylation sites (N-methyl/N-ethyl adjacent to an activating group) is 1. The van der Waals surface area contributed by atoms with Gasteiger partial charge in [-0.2, -0.15) is 9.97 Å². The van der Waals surface area contributed by atoms with Crippen LogP contribution in [0.3, 0.4) is 0 Å². The normalized spacial score (nSPS) is 18.3. The van der Waals surface area contributed by atoms with Gasteiger partial charge in [0.25, 0.3) is 0 Å². The van der Waals surface area contributed by atoms with Gasteiger partial charge in [0.2, 0.25) is 11.9 Å². The summed E-state index contributed by atoms with van der Waals surface area (Å²) in [7, 11) is 2.14. The molecular weight excluding hydrogens is 496 g/mol. The number of carbonyl (C=O) groups is 1. The van der Waals surface area contributed by atoms with Crippen LogP contribution in [0.4, 0.5) is 28.3 Å². The summed E-state index contributed by atoms with van der Waals surface area (Å²) in [4.78, 5) is 39.8. The van der Waals surface area contributed by atoms with Crippen molar-refractivity contribution in [2.75, 3.05) is 86.4 Å². The summed E-state index contributed by atoms with van der Waals surface area (Å²) in [6.45, 7) is 7.57. The van der Waals surface area contributed by atoms with E-state index < -0.39 is 6.09 Å². The highest BCUT2D eigenvalue weighted by atomic mass is 16.4. The molecule has 2 saturated heterocycles. The summed E-state index contributed by atoms with van der Waals surface area (Å²) in [5, 5.41) is 9.17. The minimum atomic E-state index is -0.879. The maximum absolute atomic E-state index is 11.2. The summed E-state index contributed by atoms with van der Waals surface area (Å²) in [5.41, 5.74) is 10.8. The number of piperazine rings is 2. The Labute approximate surface area is 227 Å². The molecule has 0 bridgehead atoms. The third-order valence-corrected chi connectivity index (χ3v) is 7.89. The van der Waals surface area contributed by atoms with E-state index in [0.717, 1.165) is 68.5 Å². The molecule has 12 heteroatoms. The van der Waals surface area contributed by atoms with Gasteiger partial charge in [0.15, 0.2) is 0 Å². The van der Waals surface area contributed by atoms with Crippen molar-refractivity contribution in [1.82, 2.24) is 29.7 Å². The summed E-state index contributed by atoms with van der Waals surface area (Å²) in [5.74, 6) is 2.70. The smallest absolute Gasteiger partial charge is 0.407 e. The number of nitrogens with two attached hydrogens (primary N) is 1. The minimum Gasteiger partial charge on any atom is -0.465 e. The van der Waals surface area contributed by atoms with Crippen LogP contribution >= 0.6 is 0 Å². The SMILES string of the molecule is CN1CCN(c2cc(N3CCc4ccc(-c5cnc(N6CCN(C(=O)O)CC6)nc5)cc4C3)nc(N)n2)CC1. The summed E-state index contributed by atoms with van der Waals surface area (Å²) >= 11 is 0. The summed E-state index contributed by atoms with van der Waals surface area (Å²) < 4.78 is 0. The van der Waals surface area contributed by atoms with Gasteiger partial charge in [-0.1, -0.05) is 12.1 Å². The van der Waals surface area contributed by atoms with Crippen molar-refractivity contribution < 1.29 is 9.90 Å². The Morgan fingerprint density at radius 2 is 1.46 bits per heavy atom. The highest BCUT2D eigenvalue weighted by Crippen LogP contribution is 2.30. The molecule has 3 N–H and O–H groups in total. The summed E-state index contributed by atoms with van der Waals surface area (Å²) in [6, 6.07) is 8.62. The molecule has 2 aromatic heterocycles. The number of nitrogens with zero attached hydrogens (tertiary/aromatic N) is 9. The first-order valence-corrected chi connectivity index (χ1v) is 13.4. The van der Waals surface area contributed by atoms with Crippen LogP contribution in [0.2, 0.25) is 0 Å². The molecule has 3 aromatic rings. The fourth-order valence-electron chi connectivity index (χ4n) is 5.46. The lowest BCUT2D eigenvalue weighted by Gasteiger charge is -2.34. The fraction of sp³-hybridized carbons (Fsp3) is 0.444. The van der Waals surface area contributed by atoms with Crippen LogP contribution in [0.15, 0.2) is 36.7 Å². The Bertz CT molecular complexity index is 1330. The number of rotatable bonds is 4. The molecule has 5 heterocycles. The second-order valence-electron chi connectivity index (χ2n) is 10.4. The number of nitrogen functional groups attached to an aromatic ring is 1. The van der Waals surface area contributed by atoms with Crippen molar-refractivity contribution in [2.24, 2.45) is 0 Å². The highest BCUT2D eigenvalue weighted by molar-refractivity contribution is 5.66. The molecule has 0 radical (unpaired) electrons. The third kappa shape index (κ3) is 5.37. The van der Waals surface area contributed by atoms with Crippen molar-refractivity contribution in [3.05, 3.63) is 47.8 Å². The van der Waals surface area contributed by atoms with Crippen LogP contribution in [0.1, 0.15) is 11.1 Å². The topological polar surface area (TPSA) is 131 Å². The van der Waals surface area contributed by atoms with Crippen LogP contribution in [-0.4, -0.2) is 107 Å². The molecule has 0 atom stereocenters. The Kier molecular flexibility index (Phi) is 6.77. The predicted molar refractivity (Wildman–Crippen MR) is 150 cm³/mol. The van der Waals surface area contributed by atoms with Gasteiger partial charge in [-0.25, -0.2) is 14.8 Å². The maximum atomic E-state index is 11.2. The van der Waals surface area contributed by atoms with Crippen LogP contribution in [0.5, 0.6) is 0 Å². The van der Waals surface area contributed by atoms with Crippen molar-refractivity contribution in [3.63, 3.8) is 0 Å². The van der Waals surface area contributed by atoms with Gasteiger partial charge in [0, 0.05) is 89.5 Å². The number of hydrogen-bond donors (Lipinski definition) is 2. The van der Waals surface area contributed by atoms with E-state index in [1.807, 2.05) is 17.3 Å². The van der Waals surface area contributed by atoms with E-state index in [1.54, 1.807) is 0 Å².